The third-order valence-electron chi connectivity index (χ3n) is 16.2. The van der Waals surface area contributed by atoms with Crippen molar-refractivity contribution in [2.24, 2.45) is 5.92 Å². The van der Waals surface area contributed by atoms with Crippen LogP contribution >= 0.6 is 0 Å². The highest BCUT2D eigenvalue weighted by Gasteiger charge is 2.45. The van der Waals surface area contributed by atoms with Crippen LogP contribution in [-0.2, 0) is 31.0 Å². The average molecular weight is 1090 g/mol. The molecule has 0 spiro atoms. The first-order valence-electron chi connectivity index (χ1n) is 28.8. The highest BCUT2D eigenvalue weighted by Crippen LogP contribution is 2.40. The smallest absolute Gasteiger partial charge is 0.262 e. The minimum atomic E-state index is -1.28. The zero-order valence-corrected chi connectivity index (χ0v) is 46.6. The van der Waals surface area contributed by atoms with Crippen LogP contribution in [0.2, 0.25) is 0 Å². The molecule has 4 aliphatic rings. The molecule has 0 bridgehead atoms. The monoisotopic (exact) mass is 1080 g/mol. The van der Waals surface area contributed by atoms with E-state index in [4.69, 9.17) is 9.72 Å². The Bertz CT molecular complexity index is 3030. The van der Waals surface area contributed by atoms with Crippen LogP contribution in [0.5, 0.6) is 0 Å². The van der Waals surface area contributed by atoms with Crippen molar-refractivity contribution in [3.63, 3.8) is 0 Å². The number of piperidine rings is 1. The quantitative estimate of drug-likeness (QED) is 0.0183. The van der Waals surface area contributed by atoms with Gasteiger partial charge in [0.05, 0.1) is 28.7 Å². The highest BCUT2D eigenvalue weighted by molar-refractivity contribution is 6.23. The van der Waals surface area contributed by atoms with E-state index in [1.54, 1.807) is 29.1 Å². The number of benzene rings is 2. The number of imide groups is 2. The Kier molecular flexibility index (Phi) is 18.3. The van der Waals surface area contributed by atoms with Crippen molar-refractivity contribution in [3.8, 4) is 0 Å². The van der Waals surface area contributed by atoms with Gasteiger partial charge in [-0.25, -0.2) is 19.9 Å². The molecule has 1 saturated heterocycles. The molecule has 5 aromatic rings. The summed E-state index contributed by atoms with van der Waals surface area (Å²) < 4.78 is 7.97. The van der Waals surface area contributed by atoms with Crippen LogP contribution in [0.15, 0.2) is 60.6 Å². The number of aryl methyl sites for hydroxylation is 1. The lowest BCUT2D eigenvalue weighted by Gasteiger charge is -2.45. The van der Waals surface area contributed by atoms with E-state index in [9.17, 15) is 34.2 Å². The summed E-state index contributed by atoms with van der Waals surface area (Å²) in [5.74, 6) is 0.405. The molecule has 5 amide bonds. The van der Waals surface area contributed by atoms with Gasteiger partial charge in [-0.05, 0) is 112 Å². The number of aromatic nitrogens is 6. The Morgan fingerprint density at radius 1 is 0.861 bits per heavy atom. The topological polar surface area (TPSA) is 262 Å². The number of anilines is 2. The van der Waals surface area contributed by atoms with Crippen molar-refractivity contribution in [1.82, 2.24) is 49.9 Å². The van der Waals surface area contributed by atoms with Crippen molar-refractivity contribution in [2.45, 2.75) is 186 Å². The number of unbranched alkanes of at least 4 members (excludes halogenated alkanes) is 9. The van der Waals surface area contributed by atoms with Gasteiger partial charge in [0.25, 0.3) is 11.8 Å². The number of fused-ring (bicyclic) bond motifs is 3. The lowest BCUT2D eigenvalue weighted by Crippen LogP contribution is -2.54. The fourth-order valence-electron chi connectivity index (χ4n) is 11.4. The Hall–Kier alpha value is -6.93. The summed E-state index contributed by atoms with van der Waals surface area (Å²) in [6.07, 6.45) is 16.8. The van der Waals surface area contributed by atoms with Crippen molar-refractivity contribution in [3.05, 3.63) is 83.1 Å². The Morgan fingerprint density at radius 3 is 2.32 bits per heavy atom. The molecule has 2 aromatic carbocycles. The van der Waals surface area contributed by atoms with Crippen LogP contribution in [0.25, 0.3) is 22.2 Å². The van der Waals surface area contributed by atoms with Crippen LogP contribution in [0.4, 0.5) is 11.5 Å². The Morgan fingerprint density at radius 2 is 1.57 bits per heavy atom. The molecule has 424 valence electrons. The van der Waals surface area contributed by atoms with Gasteiger partial charge in [0.2, 0.25) is 23.9 Å². The number of nitrogens with one attached hydrogen (secondary N) is 5. The van der Waals surface area contributed by atoms with Crippen LogP contribution in [0.3, 0.4) is 0 Å². The lowest BCUT2D eigenvalue weighted by molar-refractivity contribution is -0.136. The molecule has 20 heteroatoms. The molecule has 2 unspecified atom stereocenters. The number of aliphatic hydroxyl groups is 2. The summed E-state index contributed by atoms with van der Waals surface area (Å²) in [6, 6.07) is 11.1. The number of carbonyl (C=O) groups is 5. The number of hydrogen-bond donors (Lipinski definition) is 7. The number of aliphatic hydroxyl groups excluding tert-OH is 2. The SMILES string of the molecule is CC(C)N(CC1=C(O)C(O)[C@H](n2cnc3c(NCCCCNC(=O)CCCCCCCCCCCNc4ccc5c(c4)C(=O)N(C4CCC(=O)NC4=O)C5=O)ncnc32)O1)C1CC(CCc2nc3ccc(C(C)(C)C)cc3[nH]2)C1. The Labute approximate surface area is 462 Å². The molecule has 6 heterocycles. The molecule has 0 radical (unpaired) electrons. The number of H-pyrrole nitrogens is 1. The molecule has 3 atom stereocenters. The zero-order valence-electron chi connectivity index (χ0n) is 46.6. The number of amides is 5. The second-order valence-electron chi connectivity index (χ2n) is 23.3. The number of imidazole rings is 2. The standard InChI is InChI=1S/C59H80N12O8/c1-36(2)69(40-29-37(30-40)18-24-47-66-43-22-19-38(59(3,4)5)31-44(43)67-47)33-46-51(74)52(75)58(79-46)70-35-65-50-53(63-34-64-54(50)70)62-28-16-15-27-61-48(72)17-13-11-9-7-6-8-10-12-14-26-60-39-20-21-41-42(32-39)57(78)71(56(41)77)45-23-25-49(73)68-55(45)76/h19-22,31-32,34-37,40,45,52,58,60,74-75H,6-18,23-30,33H2,1-5H3,(H,61,72)(H,66,67)(H,62,63,64)(H,68,73,76)/t37?,40?,45?,52?,58-/m1/s1. The second-order valence-corrected chi connectivity index (χ2v) is 23.3. The van der Waals surface area contributed by atoms with E-state index in [-0.39, 0.29) is 47.1 Å². The molecule has 3 aliphatic heterocycles. The van der Waals surface area contributed by atoms with E-state index in [0.29, 0.717) is 60.8 Å². The van der Waals surface area contributed by atoms with E-state index in [0.717, 1.165) is 130 Å². The molecule has 2 fully saturated rings. The first kappa shape index (κ1) is 56.8. The Balaban J connectivity index is 0.601. The minimum Gasteiger partial charge on any atom is -0.506 e. The minimum absolute atomic E-state index is 0.0771. The van der Waals surface area contributed by atoms with Gasteiger partial charge < -0.3 is 35.9 Å². The molecular formula is C59H80N12O8. The van der Waals surface area contributed by atoms with E-state index < -0.39 is 42.0 Å². The van der Waals surface area contributed by atoms with Gasteiger partial charge in [0.1, 0.15) is 24.5 Å². The first-order valence-corrected chi connectivity index (χ1v) is 28.8. The summed E-state index contributed by atoms with van der Waals surface area (Å²) in [6.45, 7) is 13.3. The summed E-state index contributed by atoms with van der Waals surface area (Å²) >= 11 is 0. The first-order chi connectivity index (χ1) is 38.0. The van der Waals surface area contributed by atoms with Gasteiger partial charge >= 0.3 is 0 Å². The van der Waals surface area contributed by atoms with Crippen LogP contribution in [0, 0.1) is 5.92 Å². The average Bonchev–Trinajstić information content (AvgIpc) is 4.34. The fourth-order valence-corrected chi connectivity index (χ4v) is 11.4. The van der Waals surface area contributed by atoms with Crippen molar-refractivity contribution < 1.29 is 38.9 Å². The summed E-state index contributed by atoms with van der Waals surface area (Å²) in [4.78, 5) is 87.7. The predicted molar refractivity (Wildman–Crippen MR) is 301 cm³/mol. The molecule has 79 heavy (non-hydrogen) atoms. The van der Waals surface area contributed by atoms with Gasteiger partial charge in [-0.2, -0.15) is 0 Å². The van der Waals surface area contributed by atoms with Gasteiger partial charge in [-0.1, -0.05) is 71.8 Å². The third-order valence-corrected chi connectivity index (χ3v) is 16.2. The zero-order chi connectivity index (χ0) is 55.8. The molecule has 1 aliphatic carbocycles. The van der Waals surface area contributed by atoms with Gasteiger partial charge in [-0.3, -0.25) is 43.7 Å². The number of hydrogen-bond acceptors (Lipinski definition) is 15. The van der Waals surface area contributed by atoms with Crippen LogP contribution in [-0.4, -0.2) is 129 Å². The summed E-state index contributed by atoms with van der Waals surface area (Å²) in [5.41, 5.74) is 5.77. The van der Waals surface area contributed by atoms with E-state index in [1.807, 2.05) is 0 Å². The maximum atomic E-state index is 13.1. The van der Waals surface area contributed by atoms with Gasteiger partial charge in [-0.15, -0.1) is 0 Å². The van der Waals surface area contributed by atoms with Gasteiger partial charge in [0.15, 0.2) is 34.6 Å². The number of aromatic amines is 1. The maximum absolute atomic E-state index is 13.1. The van der Waals surface area contributed by atoms with E-state index >= 15 is 0 Å². The van der Waals surface area contributed by atoms with Crippen LogP contribution in [0.1, 0.15) is 182 Å². The van der Waals surface area contributed by atoms with E-state index in [1.165, 1.54) is 11.9 Å². The molecule has 7 N–H and O–H groups in total. The fraction of sp³-hybridized carbons (Fsp3) is 0.576. The van der Waals surface area contributed by atoms with Crippen molar-refractivity contribution >= 4 is 63.2 Å². The molecule has 20 nitrogen and oxygen atoms in total. The lowest BCUT2D eigenvalue weighted by atomic mass is 9.76. The van der Waals surface area contributed by atoms with Crippen molar-refractivity contribution in [1.29, 1.82) is 0 Å². The number of rotatable bonds is 28. The summed E-state index contributed by atoms with van der Waals surface area (Å²) in [7, 11) is 0. The molecule has 3 aromatic heterocycles. The van der Waals surface area contributed by atoms with Crippen LogP contribution < -0.4 is 21.3 Å². The van der Waals surface area contributed by atoms with Crippen molar-refractivity contribution in [2.75, 3.05) is 36.8 Å². The molecular weight excluding hydrogens is 1000 g/mol. The third kappa shape index (κ3) is 13.6. The molecule has 1 saturated carbocycles. The largest absolute Gasteiger partial charge is 0.506 e. The second kappa shape index (κ2) is 25.5. The predicted octanol–water partition coefficient (Wildman–Crippen LogP) is 8.50. The van der Waals surface area contributed by atoms with E-state index in [2.05, 4.69) is 98.9 Å². The number of ether oxygens (including phenoxy) is 1. The number of nitrogens with zero attached hydrogens (tertiary/aromatic N) is 7. The number of carbonyl (C=O) groups excluding carboxylic acids is 5. The normalized spacial score (nSPS) is 20.4. The maximum Gasteiger partial charge on any atom is 0.262 e. The molecule has 9 rings (SSSR count). The van der Waals surface area contributed by atoms with Gasteiger partial charge in [0, 0.05) is 56.7 Å². The summed E-state index contributed by atoms with van der Waals surface area (Å²) in [5, 5.41) is 34.4. The highest BCUT2D eigenvalue weighted by atomic mass is 16.5.